The summed E-state index contributed by atoms with van der Waals surface area (Å²) in [5.74, 6) is 1.66. The monoisotopic (exact) mass is 280 g/mol. The van der Waals surface area contributed by atoms with Gasteiger partial charge in [0, 0.05) is 18.3 Å². The molecule has 0 radical (unpaired) electrons. The number of hydrogen-bond donors (Lipinski definition) is 1. The predicted octanol–water partition coefficient (Wildman–Crippen LogP) is 3.25. The number of fused-ring (bicyclic) bond motifs is 3. The van der Waals surface area contributed by atoms with Gasteiger partial charge < -0.3 is 14.6 Å². The van der Waals surface area contributed by atoms with Crippen molar-refractivity contribution in [2.24, 2.45) is 17.8 Å². The number of hydrogen-bond acceptors (Lipinski definition) is 3. The van der Waals surface area contributed by atoms with E-state index in [-0.39, 0.29) is 17.5 Å². The van der Waals surface area contributed by atoms with Crippen LogP contribution in [0.15, 0.2) is 0 Å². The number of aliphatic hydroxyl groups excluding tert-OH is 1. The highest BCUT2D eigenvalue weighted by Crippen LogP contribution is 2.56. The van der Waals surface area contributed by atoms with Crippen molar-refractivity contribution in [1.82, 2.24) is 0 Å². The Morgan fingerprint density at radius 1 is 1.10 bits per heavy atom. The van der Waals surface area contributed by atoms with Gasteiger partial charge in [0.2, 0.25) is 0 Å². The highest BCUT2D eigenvalue weighted by atomic mass is 16.8. The molecule has 4 rings (SSSR count). The number of rotatable bonds is 0. The summed E-state index contributed by atoms with van der Waals surface area (Å²) in [5, 5.41) is 10.0. The van der Waals surface area contributed by atoms with Gasteiger partial charge in [-0.15, -0.1) is 0 Å². The Bertz CT molecular complexity index is 382. The molecule has 1 N–H and O–H groups in total. The quantitative estimate of drug-likeness (QED) is 0.740. The van der Waals surface area contributed by atoms with Gasteiger partial charge in [0.25, 0.3) is 0 Å². The van der Waals surface area contributed by atoms with E-state index in [9.17, 15) is 5.11 Å². The van der Waals surface area contributed by atoms with E-state index in [1.165, 1.54) is 32.1 Å². The lowest BCUT2D eigenvalue weighted by Crippen LogP contribution is -2.53. The summed E-state index contributed by atoms with van der Waals surface area (Å²) in [4.78, 5) is 0. The van der Waals surface area contributed by atoms with Gasteiger partial charge in [-0.2, -0.15) is 0 Å². The molecule has 0 amide bonds. The van der Waals surface area contributed by atoms with E-state index in [1.54, 1.807) is 0 Å². The highest BCUT2D eigenvalue weighted by Gasteiger charge is 2.60. The second-order valence-electron chi connectivity index (χ2n) is 7.91. The van der Waals surface area contributed by atoms with Crippen molar-refractivity contribution < 1.29 is 14.6 Å². The van der Waals surface area contributed by atoms with E-state index in [2.05, 4.69) is 6.92 Å². The van der Waals surface area contributed by atoms with E-state index in [1.807, 2.05) is 0 Å². The third-order valence-electron chi connectivity index (χ3n) is 6.44. The molecule has 6 atom stereocenters. The fourth-order valence-electron chi connectivity index (χ4n) is 5.54. The Morgan fingerprint density at radius 2 is 2.00 bits per heavy atom. The van der Waals surface area contributed by atoms with Gasteiger partial charge in [0.05, 0.1) is 18.3 Å². The molecule has 2 bridgehead atoms. The summed E-state index contributed by atoms with van der Waals surface area (Å²) in [6, 6.07) is 0. The van der Waals surface area contributed by atoms with E-state index in [4.69, 9.17) is 9.47 Å². The SMILES string of the molecule is CC1CC2CCCC(C2)C12OCC1(CCCC(O)C1)O2. The van der Waals surface area contributed by atoms with Crippen LogP contribution in [0, 0.1) is 17.8 Å². The lowest BCUT2D eigenvalue weighted by molar-refractivity contribution is -0.279. The molecule has 6 unspecified atom stereocenters. The summed E-state index contributed by atoms with van der Waals surface area (Å²) < 4.78 is 13.1. The van der Waals surface area contributed by atoms with Crippen LogP contribution in [0.1, 0.15) is 64.7 Å². The molecule has 1 saturated heterocycles. The topological polar surface area (TPSA) is 38.7 Å². The Kier molecular flexibility index (Phi) is 3.17. The average Bonchev–Trinajstić information content (AvgIpc) is 2.78. The van der Waals surface area contributed by atoms with Crippen LogP contribution in [0.2, 0.25) is 0 Å². The second-order valence-corrected chi connectivity index (χ2v) is 7.91. The van der Waals surface area contributed by atoms with Crippen molar-refractivity contribution >= 4 is 0 Å². The molecule has 3 saturated carbocycles. The molecule has 4 aliphatic rings. The van der Waals surface area contributed by atoms with Crippen LogP contribution in [0.25, 0.3) is 0 Å². The Labute approximate surface area is 122 Å². The molecule has 3 aliphatic carbocycles. The minimum Gasteiger partial charge on any atom is -0.393 e. The van der Waals surface area contributed by atoms with E-state index in [0.717, 1.165) is 31.6 Å². The maximum atomic E-state index is 10.0. The van der Waals surface area contributed by atoms with Crippen LogP contribution in [0.3, 0.4) is 0 Å². The average molecular weight is 280 g/mol. The van der Waals surface area contributed by atoms with Crippen molar-refractivity contribution in [2.45, 2.75) is 82.2 Å². The smallest absolute Gasteiger partial charge is 0.174 e. The van der Waals surface area contributed by atoms with Crippen LogP contribution < -0.4 is 0 Å². The van der Waals surface area contributed by atoms with Gasteiger partial charge in [-0.3, -0.25) is 0 Å². The molecular weight excluding hydrogens is 252 g/mol. The van der Waals surface area contributed by atoms with E-state index < -0.39 is 0 Å². The van der Waals surface area contributed by atoms with Crippen molar-refractivity contribution in [3.05, 3.63) is 0 Å². The zero-order chi connectivity index (χ0) is 13.8. The van der Waals surface area contributed by atoms with Crippen LogP contribution in [-0.4, -0.2) is 29.2 Å². The van der Waals surface area contributed by atoms with Gasteiger partial charge in [0.1, 0.15) is 0 Å². The van der Waals surface area contributed by atoms with Crippen LogP contribution >= 0.6 is 0 Å². The molecule has 0 aromatic rings. The van der Waals surface area contributed by atoms with Crippen molar-refractivity contribution in [2.75, 3.05) is 6.61 Å². The zero-order valence-corrected chi connectivity index (χ0v) is 12.6. The van der Waals surface area contributed by atoms with Gasteiger partial charge >= 0.3 is 0 Å². The lowest BCUT2D eigenvalue weighted by atomic mass is 9.64. The Hall–Kier alpha value is -0.120. The van der Waals surface area contributed by atoms with Gasteiger partial charge in [-0.05, 0) is 44.4 Å². The first-order valence-electron chi connectivity index (χ1n) is 8.64. The maximum absolute atomic E-state index is 10.0. The molecular formula is C17H28O3. The lowest BCUT2D eigenvalue weighted by Gasteiger charge is -2.51. The summed E-state index contributed by atoms with van der Waals surface area (Å²) in [5.41, 5.74) is -0.184. The molecule has 1 heterocycles. The Morgan fingerprint density at radius 3 is 2.85 bits per heavy atom. The molecule has 3 nitrogen and oxygen atoms in total. The fraction of sp³-hybridized carbons (Fsp3) is 1.00. The molecule has 2 spiro atoms. The normalized spacial score (nSPS) is 55.5. The predicted molar refractivity (Wildman–Crippen MR) is 76.2 cm³/mol. The first-order chi connectivity index (χ1) is 9.62. The van der Waals surface area contributed by atoms with Crippen LogP contribution in [0.4, 0.5) is 0 Å². The van der Waals surface area contributed by atoms with E-state index in [0.29, 0.717) is 18.4 Å². The summed E-state index contributed by atoms with van der Waals surface area (Å²) in [6.45, 7) is 3.03. The summed E-state index contributed by atoms with van der Waals surface area (Å²) in [7, 11) is 0. The van der Waals surface area contributed by atoms with Crippen molar-refractivity contribution in [3.8, 4) is 0 Å². The van der Waals surface area contributed by atoms with Crippen molar-refractivity contribution in [1.29, 1.82) is 0 Å². The fourth-order valence-corrected chi connectivity index (χ4v) is 5.54. The molecule has 3 heteroatoms. The number of ether oxygens (including phenoxy) is 2. The van der Waals surface area contributed by atoms with Crippen molar-refractivity contribution in [3.63, 3.8) is 0 Å². The van der Waals surface area contributed by atoms with Crippen LogP contribution in [0.5, 0.6) is 0 Å². The van der Waals surface area contributed by atoms with E-state index >= 15 is 0 Å². The Balaban J connectivity index is 1.58. The summed E-state index contributed by atoms with van der Waals surface area (Å²) >= 11 is 0. The first kappa shape index (κ1) is 13.5. The zero-order valence-electron chi connectivity index (χ0n) is 12.6. The minimum absolute atomic E-state index is 0.184. The molecule has 1 aliphatic heterocycles. The third-order valence-corrected chi connectivity index (χ3v) is 6.44. The third kappa shape index (κ3) is 1.97. The molecule has 0 aromatic carbocycles. The summed E-state index contributed by atoms with van der Waals surface area (Å²) in [6.07, 6.45) is 10.2. The number of aliphatic hydroxyl groups is 1. The first-order valence-corrected chi connectivity index (χ1v) is 8.64. The molecule has 114 valence electrons. The van der Waals surface area contributed by atoms with Gasteiger partial charge in [-0.1, -0.05) is 19.8 Å². The highest BCUT2D eigenvalue weighted by molar-refractivity contribution is 5.03. The van der Waals surface area contributed by atoms with Gasteiger partial charge in [0.15, 0.2) is 5.79 Å². The standard InChI is InChI=1S/C17H28O3/c1-12-8-13-4-2-5-14(9-13)17(12)19-11-16(20-17)7-3-6-15(18)10-16/h12-15,18H,2-11H2,1H3. The second kappa shape index (κ2) is 4.69. The van der Waals surface area contributed by atoms with Crippen LogP contribution in [-0.2, 0) is 9.47 Å². The molecule has 4 fully saturated rings. The molecule has 0 aromatic heterocycles. The minimum atomic E-state index is -0.325. The maximum Gasteiger partial charge on any atom is 0.174 e. The molecule has 20 heavy (non-hydrogen) atoms. The van der Waals surface area contributed by atoms with Gasteiger partial charge in [-0.25, -0.2) is 0 Å². The largest absolute Gasteiger partial charge is 0.393 e.